The average Bonchev–Trinajstić information content (AvgIpc) is 3.25. The number of nitrogens with zero attached hydrogens (tertiary/aromatic N) is 2. The maximum Gasteiger partial charge on any atom is 0.0818 e. The summed E-state index contributed by atoms with van der Waals surface area (Å²) in [7, 11) is 0. The van der Waals surface area contributed by atoms with Crippen molar-refractivity contribution in [3.8, 4) is 11.1 Å². The Morgan fingerprint density at radius 2 is 1.50 bits per heavy atom. The number of aromatic nitrogens is 1. The Bertz CT molecular complexity index is 1170. The molecule has 2 heterocycles. The molecule has 1 aliphatic rings. The van der Waals surface area contributed by atoms with Crippen LogP contribution in [0, 0.1) is 0 Å². The molecule has 3 aromatic carbocycles. The molecule has 1 aromatic heterocycles. The number of hydrogen-bond donors (Lipinski definition) is 0. The largest absolute Gasteiger partial charge is 0.371 e. The molecule has 0 bridgehead atoms. The summed E-state index contributed by atoms with van der Waals surface area (Å²) >= 11 is 20.2. The molecule has 0 saturated carbocycles. The topological polar surface area (TPSA) is 16.1 Å². The highest BCUT2D eigenvalue weighted by Crippen LogP contribution is 2.38. The molecule has 5 rings (SSSR count). The van der Waals surface area contributed by atoms with E-state index in [1.54, 1.807) is 11.3 Å². The lowest BCUT2D eigenvalue weighted by Gasteiger charge is -2.34. The van der Waals surface area contributed by atoms with Gasteiger partial charge in [-0.05, 0) is 71.8 Å². The minimum atomic E-state index is 0.438. The van der Waals surface area contributed by atoms with Crippen molar-refractivity contribution in [2.45, 2.75) is 18.8 Å². The van der Waals surface area contributed by atoms with Gasteiger partial charge in [0.05, 0.1) is 30.8 Å². The van der Waals surface area contributed by atoms with Crippen LogP contribution in [-0.4, -0.2) is 18.1 Å². The summed E-state index contributed by atoms with van der Waals surface area (Å²) < 4.78 is 1.22. The maximum atomic E-state index is 6.22. The fraction of sp³-hybridized carbons (Fsp3) is 0.208. The zero-order chi connectivity index (χ0) is 20.7. The van der Waals surface area contributed by atoms with E-state index >= 15 is 0 Å². The Morgan fingerprint density at radius 1 is 0.833 bits per heavy atom. The van der Waals surface area contributed by atoms with Gasteiger partial charge in [0.1, 0.15) is 0 Å². The highest BCUT2D eigenvalue weighted by molar-refractivity contribution is 7.16. The predicted octanol–water partition coefficient (Wildman–Crippen LogP) is 8.31. The first-order valence-corrected chi connectivity index (χ1v) is 11.9. The second-order valence-corrected chi connectivity index (χ2v) is 9.72. The molecule has 30 heavy (non-hydrogen) atoms. The van der Waals surface area contributed by atoms with Gasteiger partial charge < -0.3 is 4.90 Å². The van der Waals surface area contributed by atoms with Crippen molar-refractivity contribution in [1.82, 2.24) is 4.98 Å². The molecule has 0 amide bonds. The number of thiazole rings is 1. The van der Waals surface area contributed by atoms with Gasteiger partial charge in [0.2, 0.25) is 0 Å². The monoisotopic (exact) mass is 472 g/mol. The van der Waals surface area contributed by atoms with Crippen LogP contribution >= 0.6 is 46.1 Å². The zero-order valence-electron chi connectivity index (χ0n) is 16.1. The predicted molar refractivity (Wildman–Crippen MR) is 131 cm³/mol. The molecule has 152 valence electrons. The van der Waals surface area contributed by atoms with Crippen molar-refractivity contribution in [3.05, 3.63) is 80.7 Å². The number of hydrogen-bond acceptors (Lipinski definition) is 3. The summed E-state index contributed by atoms with van der Waals surface area (Å²) in [6, 6.07) is 19.2. The van der Waals surface area contributed by atoms with E-state index in [0.29, 0.717) is 21.0 Å². The molecule has 4 aromatic rings. The second-order valence-electron chi connectivity index (χ2n) is 7.64. The van der Waals surface area contributed by atoms with Crippen molar-refractivity contribution < 1.29 is 0 Å². The van der Waals surface area contributed by atoms with Crippen LogP contribution < -0.4 is 4.90 Å². The van der Waals surface area contributed by atoms with Gasteiger partial charge in [-0.2, -0.15) is 0 Å². The lowest BCUT2D eigenvalue weighted by Crippen LogP contribution is -2.32. The number of rotatable bonds is 3. The first-order valence-electron chi connectivity index (χ1n) is 9.91. The Hall–Kier alpha value is -1.78. The lowest BCUT2D eigenvalue weighted by molar-refractivity contribution is 0.505. The summed E-state index contributed by atoms with van der Waals surface area (Å²) in [6.45, 7) is 2.01. The first kappa shape index (κ1) is 20.1. The van der Waals surface area contributed by atoms with Crippen LogP contribution in [0.15, 0.2) is 60.1 Å². The minimum absolute atomic E-state index is 0.438. The molecular formula is C24H19Cl3N2S. The number of piperidine rings is 1. The Labute approximate surface area is 195 Å². The molecule has 0 atom stereocenters. The SMILES string of the molecule is Clc1cc(C2CCN(c3ccc(-c4ccc5scnc5c4)cc3)CC2)cc(Cl)c1Cl. The minimum Gasteiger partial charge on any atom is -0.371 e. The van der Waals surface area contributed by atoms with E-state index in [9.17, 15) is 0 Å². The van der Waals surface area contributed by atoms with E-state index in [-0.39, 0.29) is 0 Å². The van der Waals surface area contributed by atoms with Gasteiger partial charge in [-0.1, -0.05) is 53.0 Å². The van der Waals surface area contributed by atoms with Crippen LogP contribution in [0.1, 0.15) is 24.3 Å². The highest BCUT2D eigenvalue weighted by atomic mass is 35.5. The van der Waals surface area contributed by atoms with Crippen molar-refractivity contribution in [2.24, 2.45) is 0 Å². The van der Waals surface area contributed by atoms with Crippen LogP contribution in [0.4, 0.5) is 5.69 Å². The van der Waals surface area contributed by atoms with Crippen LogP contribution in [0.25, 0.3) is 21.3 Å². The van der Waals surface area contributed by atoms with Gasteiger partial charge in [0, 0.05) is 18.8 Å². The van der Waals surface area contributed by atoms with Crippen molar-refractivity contribution >= 4 is 62.0 Å². The third kappa shape index (κ3) is 3.92. The Kier molecular flexibility index (Phi) is 5.63. The summed E-state index contributed by atoms with van der Waals surface area (Å²) in [5, 5.41) is 1.51. The van der Waals surface area contributed by atoms with E-state index in [1.165, 1.54) is 27.1 Å². The Balaban J connectivity index is 1.28. The van der Waals surface area contributed by atoms with Crippen molar-refractivity contribution in [1.29, 1.82) is 0 Å². The van der Waals surface area contributed by atoms with Crippen LogP contribution in [0.5, 0.6) is 0 Å². The maximum absolute atomic E-state index is 6.22. The molecule has 6 heteroatoms. The third-order valence-corrected chi connectivity index (χ3v) is 7.88. The van der Waals surface area contributed by atoms with Gasteiger partial charge >= 0.3 is 0 Å². The van der Waals surface area contributed by atoms with Gasteiger partial charge in [0.15, 0.2) is 0 Å². The molecule has 1 fully saturated rings. The smallest absolute Gasteiger partial charge is 0.0818 e. The van der Waals surface area contributed by atoms with Gasteiger partial charge in [-0.15, -0.1) is 11.3 Å². The van der Waals surface area contributed by atoms with Gasteiger partial charge in [-0.25, -0.2) is 4.98 Å². The van der Waals surface area contributed by atoms with Gasteiger partial charge in [-0.3, -0.25) is 0 Å². The summed E-state index contributed by atoms with van der Waals surface area (Å²) in [5.74, 6) is 0.456. The van der Waals surface area contributed by atoms with E-state index in [2.05, 4.69) is 52.3 Å². The molecule has 0 N–H and O–H groups in total. The van der Waals surface area contributed by atoms with Crippen molar-refractivity contribution in [3.63, 3.8) is 0 Å². The summed E-state index contributed by atoms with van der Waals surface area (Å²) in [6.07, 6.45) is 2.13. The molecule has 2 nitrogen and oxygen atoms in total. The third-order valence-electron chi connectivity index (χ3n) is 5.87. The molecule has 0 radical (unpaired) electrons. The van der Waals surface area contributed by atoms with E-state index < -0.39 is 0 Å². The fourth-order valence-corrected chi connectivity index (χ4v) is 5.46. The van der Waals surface area contributed by atoms with E-state index in [1.807, 2.05) is 17.6 Å². The molecule has 0 aliphatic carbocycles. The quantitative estimate of drug-likeness (QED) is 0.278. The molecule has 1 aliphatic heterocycles. The van der Waals surface area contributed by atoms with Crippen LogP contribution in [0.2, 0.25) is 15.1 Å². The molecule has 0 spiro atoms. The van der Waals surface area contributed by atoms with Crippen LogP contribution in [-0.2, 0) is 0 Å². The van der Waals surface area contributed by atoms with Crippen molar-refractivity contribution in [2.75, 3.05) is 18.0 Å². The molecular weight excluding hydrogens is 455 g/mol. The second kappa shape index (κ2) is 8.39. The fourth-order valence-electron chi connectivity index (χ4n) is 4.18. The van der Waals surface area contributed by atoms with E-state index in [0.717, 1.165) is 31.4 Å². The highest BCUT2D eigenvalue weighted by Gasteiger charge is 2.22. The zero-order valence-corrected chi connectivity index (χ0v) is 19.2. The number of anilines is 1. The number of halogens is 3. The summed E-state index contributed by atoms with van der Waals surface area (Å²) in [4.78, 5) is 6.88. The standard InChI is InChI=1S/C24H19Cl3N2S/c25-20-11-18(12-21(26)24(20)27)16-7-9-29(10-8-16)19-4-1-15(2-5-19)17-3-6-23-22(13-17)28-14-30-23/h1-6,11-14,16H,7-10H2. The Morgan fingerprint density at radius 3 is 2.20 bits per heavy atom. The average molecular weight is 474 g/mol. The molecule has 0 unspecified atom stereocenters. The number of benzene rings is 3. The number of fused-ring (bicyclic) bond motifs is 1. The van der Waals surface area contributed by atoms with Gasteiger partial charge in [0.25, 0.3) is 0 Å². The molecule has 1 saturated heterocycles. The van der Waals surface area contributed by atoms with E-state index in [4.69, 9.17) is 34.8 Å². The summed E-state index contributed by atoms with van der Waals surface area (Å²) in [5.41, 5.74) is 7.82. The lowest BCUT2D eigenvalue weighted by atomic mass is 9.89. The van der Waals surface area contributed by atoms with Crippen LogP contribution in [0.3, 0.4) is 0 Å². The first-order chi connectivity index (χ1) is 14.6. The normalized spacial score (nSPS) is 15.1.